The van der Waals surface area contributed by atoms with Crippen molar-refractivity contribution in [2.75, 3.05) is 26.8 Å². The second-order valence-electron chi connectivity index (χ2n) is 11.7. The van der Waals surface area contributed by atoms with E-state index in [0.29, 0.717) is 24.5 Å². The molecule has 0 saturated carbocycles. The van der Waals surface area contributed by atoms with Crippen molar-refractivity contribution in [3.63, 3.8) is 0 Å². The van der Waals surface area contributed by atoms with Crippen LogP contribution in [0.25, 0.3) is 10.9 Å². The molecular weight excluding hydrogens is 484 g/mol. The molecule has 3 aromatic rings. The number of nitrogens with zero attached hydrogens (tertiary/aromatic N) is 1. The summed E-state index contributed by atoms with van der Waals surface area (Å²) in [7, 11) is 1.41. The lowest BCUT2D eigenvalue weighted by Crippen LogP contribution is -2.26. The summed E-state index contributed by atoms with van der Waals surface area (Å²) in [6.07, 6.45) is 13.1. The molecule has 39 heavy (non-hydrogen) atoms. The molecule has 1 aliphatic heterocycles. The fourth-order valence-electron chi connectivity index (χ4n) is 5.50. The molecule has 2 aromatic carbocycles. The largest absolute Gasteiger partial charge is 0.489 e. The first-order valence-electron chi connectivity index (χ1n) is 14.0. The maximum atomic E-state index is 11.9. The van der Waals surface area contributed by atoms with Crippen LogP contribution in [-0.2, 0) is 21.5 Å². The molecule has 0 radical (unpaired) electrons. The third-order valence-corrected chi connectivity index (χ3v) is 7.86. The zero-order chi connectivity index (χ0) is 27.4. The molecule has 5 rings (SSSR count). The Kier molecular flexibility index (Phi) is 8.08. The van der Waals surface area contributed by atoms with Gasteiger partial charge in [-0.1, -0.05) is 63.3 Å². The van der Waals surface area contributed by atoms with Crippen LogP contribution in [0.2, 0.25) is 0 Å². The van der Waals surface area contributed by atoms with Gasteiger partial charge in [0.05, 0.1) is 18.2 Å². The number of fused-ring (bicyclic) bond motifs is 1. The molecule has 2 aliphatic rings. The number of esters is 1. The van der Waals surface area contributed by atoms with Crippen molar-refractivity contribution >= 4 is 16.9 Å². The van der Waals surface area contributed by atoms with Crippen molar-refractivity contribution in [3.05, 3.63) is 101 Å². The van der Waals surface area contributed by atoms with Gasteiger partial charge in [-0.2, -0.15) is 0 Å². The number of allylic oxidation sites excluding steroid dienone is 2. The van der Waals surface area contributed by atoms with Gasteiger partial charge in [0.25, 0.3) is 0 Å². The normalized spacial score (nSPS) is 16.5. The van der Waals surface area contributed by atoms with Gasteiger partial charge < -0.3 is 19.4 Å². The highest BCUT2D eigenvalue weighted by atomic mass is 16.5. The summed E-state index contributed by atoms with van der Waals surface area (Å²) < 4.78 is 13.5. The summed E-state index contributed by atoms with van der Waals surface area (Å²) in [5.41, 5.74) is 7.06. The van der Waals surface area contributed by atoms with Crippen LogP contribution < -0.4 is 10.1 Å². The maximum absolute atomic E-state index is 11.9. The van der Waals surface area contributed by atoms with Gasteiger partial charge in [0, 0.05) is 24.2 Å². The van der Waals surface area contributed by atoms with Gasteiger partial charge in [0.1, 0.15) is 12.4 Å². The van der Waals surface area contributed by atoms with Crippen LogP contribution in [0.1, 0.15) is 62.6 Å². The van der Waals surface area contributed by atoms with Gasteiger partial charge in [-0.15, -0.1) is 0 Å². The van der Waals surface area contributed by atoms with E-state index in [0.717, 1.165) is 31.0 Å². The van der Waals surface area contributed by atoms with Crippen molar-refractivity contribution < 1.29 is 14.3 Å². The van der Waals surface area contributed by atoms with Gasteiger partial charge >= 0.3 is 5.97 Å². The van der Waals surface area contributed by atoms with Gasteiger partial charge in [-0.05, 0) is 84.2 Å². The van der Waals surface area contributed by atoms with Crippen LogP contribution >= 0.6 is 0 Å². The van der Waals surface area contributed by atoms with Crippen LogP contribution in [0.5, 0.6) is 5.75 Å². The minimum atomic E-state index is -0.314. The summed E-state index contributed by atoms with van der Waals surface area (Å²) in [5, 5.41) is 4.82. The molecule has 0 spiro atoms. The average molecular weight is 525 g/mol. The van der Waals surface area contributed by atoms with E-state index in [4.69, 9.17) is 9.47 Å². The number of methoxy groups -OCH3 is 1. The second-order valence-corrected chi connectivity index (χ2v) is 11.7. The third kappa shape index (κ3) is 6.36. The number of hydrogen-bond donors (Lipinski definition) is 1. The lowest BCUT2D eigenvalue weighted by molar-refractivity contribution is -0.135. The van der Waals surface area contributed by atoms with E-state index in [9.17, 15) is 4.79 Å². The number of piperidine rings is 1. The van der Waals surface area contributed by atoms with Crippen LogP contribution in [0, 0.1) is 0 Å². The SMILES string of the molecule is COC(=O)C1=CCC=C(COc2ccc3c(C4CCNCC4)cn(Cc4ccc(C(C)(C)C)cc4)c3c2)C=C1. The molecule has 0 atom stereocenters. The number of rotatable bonds is 7. The Morgan fingerprint density at radius 2 is 1.79 bits per heavy atom. The summed E-state index contributed by atoms with van der Waals surface area (Å²) in [4.78, 5) is 11.9. The molecule has 5 heteroatoms. The predicted molar refractivity (Wildman–Crippen MR) is 158 cm³/mol. The highest BCUT2D eigenvalue weighted by Gasteiger charge is 2.21. The van der Waals surface area contributed by atoms with E-state index in [1.165, 1.54) is 47.5 Å². The van der Waals surface area contributed by atoms with Crippen LogP contribution in [0.4, 0.5) is 0 Å². The number of carbonyl (C=O) groups excluding carboxylic acids is 1. The summed E-state index contributed by atoms with van der Waals surface area (Å²) in [5.74, 6) is 1.11. The van der Waals surface area contributed by atoms with Gasteiger partial charge in [0.15, 0.2) is 0 Å². The zero-order valence-corrected chi connectivity index (χ0v) is 23.6. The molecule has 5 nitrogen and oxygen atoms in total. The quantitative estimate of drug-likeness (QED) is 0.345. The van der Waals surface area contributed by atoms with E-state index in [1.807, 2.05) is 12.2 Å². The lowest BCUT2D eigenvalue weighted by atomic mass is 9.87. The first kappa shape index (κ1) is 27.0. The Morgan fingerprint density at radius 1 is 1.03 bits per heavy atom. The Labute approximate surface area is 232 Å². The van der Waals surface area contributed by atoms with Crippen LogP contribution in [0.15, 0.2) is 84.1 Å². The monoisotopic (exact) mass is 524 g/mol. The molecule has 1 fully saturated rings. The molecule has 0 unspecified atom stereocenters. The Bertz CT molecular complexity index is 1410. The zero-order valence-electron chi connectivity index (χ0n) is 23.6. The van der Waals surface area contributed by atoms with Crippen molar-refractivity contribution in [2.45, 2.75) is 57.9 Å². The predicted octanol–water partition coefficient (Wildman–Crippen LogP) is 6.82. The summed E-state index contributed by atoms with van der Waals surface area (Å²) >= 11 is 0. The Morgan fingerprint density at radius 3 is 2.51 bits per heavy atom. The number of hydrogen-bond acceptors (Lipinski definition) is 4. The van der Waals surface area contributed by atoms with Crippen LogP contribution in [0.3, 0.4) is 0 Å². The molecule has 1 N–H and O–H groups in total. The topological polar surface area (TPSA) is 52.5 Å². The number of carbonyl (C=O) groups is 1. The van der Waals surface area contributed by atoms with Crippen molar-refractivity contribution in [2.24, 2.45) is 0 Å². The van der Waals surface area contributed by atoms with E-state index < -0.39 is 0 Å². The molecule has 204 valence electrons. The van der Waals surface area contributed by atoms with E-state index in [-0.39, 0.29) is 11.4 Å². The first-order chi connectivity index (χ1) is 18.8. The fraction of sp³-hybridized carbons (Fsp3) is 0.382. The average Bonchev–Trinajstić information content (AvgIpc) is 3.12. The Balaban J connectivity index is 1.39. The van der Waals surface area contributed by atoms with Crippen LogP contribution in [-0.4, -0.2) is 37.3 Å². The summed E-state index contributed by atoms with van der Waals surface area (Å²) in [6, 6.07) is 15.6. The van der Waals surface area contributed by atoms with Gasteiger partial charge in [-0.3, -0.25) is 0 Å². The standard InChI is InChI=1S/C34H40N2O3/c1-34(2,3)28-12-9-24(10-13-28)21-36-22-31(26-16-18-35-19-17-26)30-15-14-29(20-32(30)36)39-23-25-6-5-7-27(11-8-25)33(37)38-4/h6-15,20,22,26,35H,5,16-19,21,23H2,1-4H3. The van der Waals surface area contributed by atoms with Crippen molar-refractivity contribution in [1.82, 2.24) is 9.88 Å². The molecule has 1 saturated heterocycles. The molecule has 0 bridgehead atoms. The molecule has 1 aliphatic carbocycles. The van der Waals surface area contributed by atoms with E-state index in [2.05, 4.69) is 85.4 Å². The smallest absolute Gasteiger partial charge is 0.337 e. The number of ether oxygens (including phenoxy) is 2. The summed E-state index contributed by atoms with van der Waals surface area (Å²) in [6.45, 7) is 10.2. The molecule has 1 aromatic heterocycles. The maximum Gasteiger partial charge on any atom is 0.337 e. The minimum Gasteiger partial charge on any atom is -0.489 e. The highest BCUT2D eigenvalue weighted by molar-refractivity contribution is 5.91. The molecule has 0 amide bonds. The van der Waals surface area contributed by atoms with Crippen molar-refractivity contribution in [3.8, 4) is 5.75 Å². The Hall–Kier alpha value is -3.57. The van der Waals surface area contributed by atoms with E-state index in [1.54, 1.807) is 6.08 Å². The fourth-order valence-corrected chi connectivity index (χ4v) is 5.50. The highest BCUT2D eigenvalue weighted by Crippen LogP contribution is 2.35. The van der Waals surface area contributed by atoms with E-state index >= 15 is 0 Å². The number of benzene rings is 2. The lowest BCUT2D eigenvalue weighted by Gasteiger charge is -2.22. The van der Waals surface area contributed by atoms with Gasteiger partial charge in [-0.25, -0.2) is 4.79 Å². The number of nitrogens with one attached hydrogen (secondary N) is 1. The second kappa shape index (κ2) is 11.7. The molecule has 2 heterocycles. The minimum absolute atomic E-state index is 0.145. The number of aromatic nitrogens is 1. The first-order valence-corrected chi connectivity index (χ1v) is 14.0. The molecular formula is C34H40N2O3. The van der Waals surface area contributed by atoms with Gasteiger partial charge in [0.2, 0.25) is 0 Å². The van der Waals surface area contributed by atoms with Crippen molar-refractivity contribution in [1.29, 1.82) is 0 Å². The third-order valence-electron chi connectivity index (χ3n) is 7.86.